The molecule has 0 radical (unpaired) electrons. The van der Waals surface area contributed by atoms with Crippen LogP contribution in [0.15, 0.2) is 0 Å². The van der Waals surface area contributed by atoms with Crippen molar-refractivity contribution in [2.45, 2.75) is 38.3 Å². The van der Waals surface area contributed by atoms with Crippen molar-refractivity contribution in [2.75, 3.05) is 18.6 Å². The van der Waals surface area contributed by atoms with Crippen molar-refractivity contribution >= 4 is 23.6 Å². The van der Waals surface area contributed by atoms with Crippen LogP contribution in [0.25, 0.3) is 0 Å². The number of carbonyl (C=O) groups is 2. The van der Waals surface area contributed by atoms with Crippen LogP contribution in [0.1, 0.15) is 26.7 Å². The van der Waals surface area contributed by atoms with Crippen molar-refractivity contribution < 1.29 is 9.59 Å². The summed E-state index contributed by atoms with van der Waals surface area (Å²) in [7, 11) is 0. The number of nitrogens with one attached hydrogen (secondary N) is 1. The number of rotatable bonds is 4. The molecule has 0 bridgehead atoms. The van der Waals surface area contributed by atoms with Gasteiger partial charge in [0, 0.05) is 12.3 Å². The number of thioether (sulfide) groups is 1. The molecule has 5 heteroatoms. The summed E-state index contributed by atoms with van der Waals surface area (Å²) in [5.41, 5.74) is -0.651. The Balaban J connectivity index is 2.17. The van der Waals surface area contributed by atoms with Crippen LogP contribution < -0.4 is 5.32 Å². The van der Waals surface area contributed by atoms with Gasteiger partial charge in [-0.3, -0.25) is 9.59 Å². The molecule has 17 heavy (non-hydrogen) atoms. The molecule has 1 saturated heterocycles. The highest BCUT2D eigenvalue weighted by molar-refractivity contribution is 7.98. The monoisotopic (exact) mass is 256 g/mol. The normalized spacial score (nSPS) is 33.8. The van der Waals surface area contributed by atoms with Crippen LogP contribution in [0.3, 0.4) is 0 Å². The van der Waals surface area contributed by atoms with Gasteiger partial charge in [-0.1, -0.05) is 0 Å². The Kier molecular flexibility index (Phi) is 3.39. The van der Waals surface area contributed by atoms with E-state index in [2.05, 4.69) is 5.32 Å². The third-order valence-corrected chi connectivity index (χ3v) is 4.46. The SMILES string of the molecule is CSCCN1C(=O)C(C)(C2CC2)NC(=O)C1C. The maximum Gasteiger partial charge on any atom is 0.249 e. The first-order valence-corrected chi connectivity index (χ1v) is 7.52. The quantitative estimate of drug-likeness (QED) is 0.812. The number of hydrogen-bond acceptors (Lipinski definition) is 3. The Morgan fingerprint density at radius 3 is 2.65 bits per heavy atom. The standard InChI is InChI=1S/C12H20N2O2S/c1-8-10(15)13-12(2,9-4-5-9)11(16)14(8)6-7-17-3/h8-9H,4-7H2,1-3H3,(H,13,15). The van der Waals surface area contributed by atoms with Crippen LogP contribution in [0.5, 0.6) is 0 Å². The molecule has 2 amide bonds. The highest BCUT2D eigenvalue weighted by Crippen LogP contribution is 2.42. The number of carbonyl (C=O) groups excluding carboxylic acids is 2. The van der Waals surface area contributed by atoms with Gasteiger partial charge in [-0.2, -0.15) is 11.8 Å². The third kappa shape index (κ3) is 2.17. The van der Waals surface area contributed by atoms with Crippen LogP contribution >= 0.6 is 11.8 Å². The van der Waals surface area contributed by atoms with Gasteiger partial charge in [-0.25, -0.2) is 0 Å². The second kappa shape index (κ2) is 4.52. The smallest absolute Gasteiger partial charge is 0.249 e. The molecular formula is C12H20N2O2S. The van der Waals surface area contributed by atoms with Crippen LogP contribution in [0.4, 0.5) is 0 Å². The Hall–Kier alpha value is -0.710. The Bertz CT molecular complexity index is 343. The van der Waals surface area contributed by atoms with E-state index >= 15 is 0 Å². The lowest BCUT2D eigenvalue weighted by molar-refractivity contribution is -0.154. The van der Waals surface area contributed by atoms with Crippen molar-refractivity contribution in [3.63, 3.8) is 0 Å². The predicted molar refractivity (Wildman–Crippen MR) is 68.8 cm³/mol. The summed E-state index contributed by atoms with van der Waals surface area (Å²) in [5.74, 6) is 1.30. The zero-order chi connectivity index (χ0) is 12.6. The van der Waals surface area contributed by atoms with Gasteiger partial charge in [0.05, 0.1) is 0 Å². The van der Waals surface area contributed by atoms with Crippen molar-refractivity contribution in [3.8, 4) is 0 Å². The average molecular weight is 256 g/mol. The van der Waals surface area contributed by atoms with Gasteiger partial charge >= 0.3 is 0 Å². The maximum atomic E-state index is 12.5. The molecule has 2 rings (SSSR count). The van der Waals surface area contributed by atoms with E-state index in [9.17, 15) is 9.59 Å². The number of amides is 2. The van der Waals surface area contributed by atoms with Crippen LogP contribution in [-0.2, 0) is 9.59 Å². The largest absolute Gasteiger partial charge is 0.340 e. The fraction of sp³-hybridized carbons (Fsp3) is 0.833. The van der Waals surface area contributed by atoms with Crippen LogP contribution in [-0.4, -0.2) is 46.8 Å². The van der Waals surface area contributed by atoms with Gasteiger partial charge in [0.1, 0.15) is 11.6 Å². The van der Waals surface area contributed by atoms with E-state index in [0.717, 1.165) is 18.6 Å². The van der Waals surface area contributed by atoms with E-state index in [4.69, 9.17) is 0 Å². The Morgan fingerprint density at radius 2 is 2.12 bits per heavy atom. The summed E-state index contributed by atoms with van der Waals surface area (Å²) in [4.78, 5) is 26.2. The van der Waals surface area contributed by atoms with Crippen molar-refractivity contribution in [2.24, 2.45) is 5.92 Å². The second-order valence-electron chi connectivity index (χ2n) is 5.13. The number of piperazine rings is 1. The van der Waals surface area contributed by atoms with Crippen LogP contribution in [0.2, 0.25) is 0 Å². The summed E-state index contributed by atoms with van der Waals surface area (Å²) in [6.45, 7) is 4.35. The second-order valence-corrected chi connectivity index (χ2v) is 6.12. The molecule has 0 aromatic rings. The van der Waals surface area contributed by atoms with Gasteiger partial charge in [0.2, 0.25) is 11.8 Å². The van der Waals surface area contributed by atoms with E-state index in [1.807, 2.05) is 13.2 Å². The zero-order valence-corrected chi connectivity index (χ0v) is 11.5. The molecule has 1 N–H and O–H groups in total. The van der Waals surface area contributed by atoms with Gasteiger partial charge in [0.15, 0.2) is 0 Å². The molecule has 0 aromatic carbocycles. The summed E-state index contributed by atoms with van der Waals surface area (Å²) in [5, 5.41) is 2.92. The molecule has 4 nitrogen and oxygen atoms in total. The zero-order valence-electron chi connectivity index (χ0n) is 10.7. The fourth-order valence-corrected chi connectivity index (χ4v) is 2.83. The summed E-state index contributed by atoms with van der Waals surface area (Å²) in [6.07, 6.45) is 4.11. The molecule has 96 valence electrons. The first-order valence-electron chi connectivity index (χ1n) is 6.12. The van der Waals surface area contributed by atoms with E-state index in [-0.39, 0.29) is 17.9 Å². The molecular weight excluding hydrogens is 236 g/mol. The Labute approximate surface area is 106 Å². The molecule has 0 spiro atoms. The van der Waals surface area contributed by atoms with E-state index in [1.54, 1.807) is 23.6 Å². The number of nitrogens with zero attached hydrogens (tertiary/aromatic N) is 1. The molecule has 2 unspecified atom stereocenters. The minimum atomic E-state index is -0.651. The predicted octanol–water partition coefficient (Wildman–Crippen LogP) is 0.865. The summed E-state index contributed by atoms with van der Waals surface area (Å²) in [6, 6.07) is -0.332. The topological polar surface area (TPSA) is 49.4 Å². The van der Waals surface area contributed by atoms with E-state index < -0.39 is 5.54 Å². The van der Waals surface area contributed by atoms with Gasteiger partial charge in [0.25, 0.3) is 0 Å². The first kappa shape index (κ1) is 12.7. The third-order valence-electron chi connectivity index (χ3n) is 3.87. The number of hydrogen-bond donors (Lipinski definition) is 1. The lowest BCUT2D eigenvalue weighted by Gasteiger charge is -2.43. The molecule has 2 fully saturated rings. The average Bonchev–Trinajstić information content (AvgIpc) is 3.11. The van der Waals surface area contributed by atoms with Gasteiger partial charge in [-0.15, -0.1) is 0 Å². The fourth-order valence-electron chi connectivity index (χ4n) is 2.45. The molecule has 0 aromatic heterocycles. The molecule has 1 saturated carbocycles. The summed E-state index contributed by atoms with van der Waals surface area (Å²) >= 11 is 1.70. The van der Waals surface area contributed by atoms with Gasteiger partial charge in [-0.05, 0) is 38.9 Å². The molecule has 2 aliphatic rings. The lowest BCUT2D eigenvalue weighted by atomic mass is 9.90. The Morgan fingerprint density at radius 1 is 1.47 bits per heavy atom. The molecule has 1 aliphatic carbocycles. The van der Waals surface area contributed by atoms with Crippen molar-refractivity contribution in [1.29, 1.82) is 0 Å². The summed E-state index contributed by atoms with van der Waals surface area (Å²) < 4.78 is 0. The van der Waals surface area contributed by atoms with Crippen molar-refractivity contribution in [1.82, 2.24) is 10.2 Å². The molecule has 1 aliphatic heterocycles. The van der Waals surface area contributed by atoms with Gasteiger partial charge < -0.3 is 10.2 Å². The highest BCUT2D eigenvalue weighted by Gasteiger charge is 2.54. The van der Waals surface area contributed by atoms with Crippen LogP contribution in [0, 0.1) is 5.92 Å². The molecule has 2 atom stereocenters. The van der Waals surface area contributed by atoms with Crippen molar-refractivity contribution in [3.05, 3.63) is 0 Å². The highest BCUT2D eigenvalue weighted by atomic mass is 32.2. The minimum absolute atomic E-state index is 0.0138. The first-order chi connectivity index (χ1) is 8.00. The lowest BCUT2D eigenvalue weighted by Crippen LogP contribution is -2.69. The molecule has 1 heterocycles. The minimum Gasteiger partial charge on any atom is -0.340 e. The maximum absolute atomic E-state index is 12.5. The van der Waals surface area contributed by atoms with E-state index in [1.165, 1.54) is 0 Å². The van der Waals surface area contributed by atoms with E-state index in [0.29, 0.717) is 12.5 Å².